The van der Waals surface area contributed by atoms with Crippen molar-refractivity contribution in [2.45, 2.75) is 13.3 Å². The van der Waals surface area contributed by atoms with Gasteiger partial charge in [0.05, 0.1) is 17.0 Å². The van der Waals surface area contributed by atoms with E-state index in [2.05, 4.69) is 4.74 Å². The number of alkyl halides is 2. The highest BCUT2D eigenvalue weighted by Gasteiger charge is 2.14. The summed E-state index contributed by atoms with van der Waals surface area (Å²) in [4.78, 5) is 10.9. The van der Waals surface area contributed by atoms with Gasteiger partial charge in [0.1, 0.15) is 0 Å². The lowest BCUT2D eigenvalue weighted by Crippen LogP contribution is -2.02. The molecule has 0 N–H and O–H groups in total. The van der Waals surface area contributed by atoms with Gasteiger partial charge in [-0.25, -0.2) is 13.6 Å². The molecule has 0 aliphatic carbocycles. The number of ether oxygens (including phenoxy) is 1. The van der Waals surface area contributed by atoms with Crippen molar-refractivity contribution in [3.63, 3.8) is 0 Å². The van der Waals surface area contributed by atoms with Crippen molar-refractivity contribution in [3.8, 4) is 0 Å². The first kappa shape index (κ1) is 10.1. The lowest BCUT2D eigenvalue weighted by Gasteiger charge is -1.96. The zero-order valence-electron chi connectivity index (χ0n) is 6.92. The molecule has 0 saturated carbocycles. The summed E-state index contributed by atoms with van der Waals surface area (Å²) in [6.07, 6.45) is -2.52. The molecule has 5 heteroatoms. The molecule has 0 aliphatic rings. The molecule has 72 valence electrons. The Morgan fingerprint density at radius 2 is 2.38 bits per heavy atom. The van der Waals surface area contributed by atoms with Crippen molar-refractivity contribution < 1.29 is 18.3 Å². The normalized spacial score (nSPS) is 10.5. The lowest BCUT2D eigenvalue weighted by atomic mass is 10.3. The van der Waals surface area contributed by atoms with Gasteiger partial charge in [0.25, 0.3) is 6.43 Å². The summed E-state index contributed by atoms with van der Waals surface area (Å²) in [6, 6.07) is 1.16. The predicted molar refractivity (Wildman–Crippen MR) is 45.2 cm³/mol. The van der Waals surface area contributed by atoms with Crippen molar-refractivity contribution in [3.05, 3.63) is 21.9 Å². The summed E-state index contributed by atoms with van der Waals surface area (Å²) in [5, 5.41) is 1.37. The van der Waals surface area contributed by atoms with E-state index in [0.717, 1.165) is 17.4 Å². The quantitative estimate of drug-likeness (QED) is 0.711. The van der Waals surface area contributed by atoms with Crippen molar-refractivity contribution in [1.82, 2.24) is 0 Å². The van der Waals surface area contributed by atoms with E-state index in [-0.39, 0.29) is 17.0 Å². The molecule has 0 bridgehead atoms. The van der Waals surface area contributed by atoms with Crippen molar-refractivity contribution >= 4 is 17.3 Å². The first-order valence-corrected chi connectivity index (χ1v) is 4.56. The summed E-state index contributed by atoms with van der Waals surface area (Å²) >= 11 is 0.861. The van der Waals surface area contributed by atoms with E-state index in [1.54, 1.807) is 6.92 Å². The first-order valence-electron chi connectivity index (χ1n) is 3.68. The molecular formula is C8H8F2O2S. The molecular weight excluding hydrogens is 198 g/mol. The minimum Gasteiger partial charge on any atom is -0.462 e. The molecule has 0 saturated heterocycles. The van der Waals surface area contributed by atoms with Crippen LogP contribution in [0.25, 0.3) is 0 Å². The number of carbonyl (C=O) groups is 1. The monoisotopic (exact) mass is 206 g/mol. The third kappa shape index (κ3) is 2.48. The summed E-state index contributed by atoms with van der Waals surface area (Å²) in [5.74, 6) is -0.550. The first-order chi connectivity index (χ1) is 6.15. The van der Waals surface area contributed by atoms with E-state index in [1.807, 2.05) is 0 Å². The minimum absolute atomic E-state index is 0.108. The van der Waals surface area contributed by atoms with E-state index < -0.39 is 12.4 Å². The van der Waals surface area contributed by atoms with Gasteiger partial charge in [-0.1, -0.05) is 0 Å². The Morgan fingerprint density at radius 3 is 2.85 bits per heavy atom. The van der Waals surface area contributed by atoms with Crippen molar-refractivity contribution in [2.75, 3.05) is 6.61 Å². The fraction of sp³-hybridized carbons (Fsp3) is 0.375. The van der Waals surface area contributed by atoms with E-state index >= 15 is 0 Å². The second-order valence-corrected chi connectivity index (χ2v) is 3.20. The van der Waals surface area contributed by atoms with Gasteiger partial charge in [-0.15, -0.1) is 11.3 Å². The topological polar surface area (TPSA) is 26.3 Å². The van der Waals surface area contributed by atoms with E-state index in [0.29, 0.717) is 0 Å². The molecule has 0 atom stereocenters. The summed E-state index contributed by atoms with van der Waals surface area (Å²) in [7, 11) is 0. The van der Waals surface area contributed by atoms with Crippen LogP contribution in [-0.4, -0.2) is 12.6 Å². The minimum atomic E-state index is -2.52. The maximum atomic E-state index is 12.1. The lowest BCUT2D eigenvalue weighted by molar-refractivity contribution is 0.0527. The molecule has 0 amide bonds. The molecule has 1 aromatic heterocycles. The van der Waals surface area contributed by atoms with Gasteiger partial charge < -0.3 is 4.74 Å². The Hall–Kier alpha value is -0.970. The molecule has 0 spiro atoms. The summed E-state index contributed by atoms with van der Waals surface area (Å²) in [6.45, 7) is 1.91. The molecule has 0 aromatic carbocycles. The number of halogens is 2. The van der Waals surface area contributed by atoms with Crippen LogP contribution < -0.4 is 0 Å². The van der Waals surface area contributed by atoms with Gasteiger partial charge in [-0.05, 0) is 13.0 Å². The van der Waals surface area contributed by atoms with Gasteiger partial charge in [0.2, 0.25) is 0 Å². The van der Waals surface area contributed by atoms with Gasteiger partial charge in [-0.2, -0.15) is 0 Å². The molecule has 0 fully saturated rings. The van der Waals surface area contributed by atoms with Crippen LogP contribution in [0.2, 0.25) is 0 Å². The van der Waals surface area contributed by atoms with E-state index in [1.165, 1.54) is 5.38 Å². The molecule has 2 nitrogen and oxygen atoms in total. The van der Waals surface area contributed by atoms with E-state index in [4.69, 9.17) is 0 Å². The standard InChI is InChI=1S/C8H8F2O2S/c1-2-12-8(11)5-3-6(7(9)10)13-4-5/h3-4,7H,2H2,1H3. The predicted octanol–water partition coefficient (Wildman–Crippen LogP) is 2.86. The average molecular weight is 206 g/mol. The fourth-order valence-corrected chi connectivity index (χ4v) is 1.51. The number of esters is 1. The van der Waals surface area contributed by atoms with Crippen LogP contribution >= 0.6 is 11.3 Å². The van der Waals surface area contributed by atoms with Crippen LogP contribution in [0.5, 0.6) is 0 Å². The SMILES string of the molecule is CCOC(=O)c1csc(C(F)F)c1. The molecule has 0 radical (unpaired) electrons. The van der Waals surface area contributed by atoms with Gasteiger partial charge in [0.15, 0.2) is 0 Å². The molecule has 1 heterocycles. The Morgan fingerprint density at radius 1 is 1.69 bits per heavy atom. The summed E-state index contributed by atoms with van der Waals surface area (Å²) < 4.78 is 28.8. The Bertz CT molecular complexity index is 296. The van der Waals surface area contributed by atoms with Gasteiger partial charge >= 0.3 is 5.97 Å². The zero-order chi connectivity index (χ0) is 9.84. The van der Waals surface area contributed by atoms with Crippen LogP contribution in [0.15, 0.2) is 11.4 Å². The number of hydrogen-bond acceptors (Lipinski definition) is 3. The van der Waals surface area contributed by atoms with Crippen LogP contribution in [0.3, 0.4) is 0 Å². The number of carbonyl (C=O) groups excluding carboxylic acids is 1. The fourth-order valence-electron chi connectivity index (χ4n) is 0.789. The third-order valence-electron chi connectivity index (χ3n) is 1.35. The zero-order valence-corrected chi connectivity index (χ0v) is 7.74. The Kier molecular flexibility index (Phi) is 3.36. The smallest absolute Gasteiger partial charge is 0.338 e. The Labute approximate surface area is 78.1 Å². The van der Waals surface area contributed by atoms with Crippen LogP contribution in [0, 0.1) is 0 Å². The molecule has 13 heavy (non-hydrogen) atoms. The average Bonchev–Trinajstić information content (AvgIpc) is 2.52. The third-order valence-corrected chi connectivity index (χ3v) is 2.29. The largest absolute Gasteiger partial charge is 0.462 e. The van der Waals surface area contributed by atoms with Crippen LogP contribution in [0.4, 0.5) is 8.78 Å². The van der Waals surface area contributed by atoms with Crippen LogP contribution in [-0.2, 0) is 4.74 Å². The highest BCUT2D eigenvalue weighted by Crippen LogP contribution is 2.26. The van der Waals surface area contributed by atoms with Gasteiger partial charge in [-0.3, -0.25) is 0 Å². The van der Waals surface area contributed by atoms with Crippen molar-refractivity contribution in [2.24, 2.45) is 0 Å². The molecule has 0 aliphatic heterocycles. The number of thiophene rings is 1. The van der Waals surface area contributed by atoms with Crippen molar-refractivity contribution in [1.29, 1.82) is 0 Å². The Balaban J connectivity index is 2.73. The second-order valence-electron chi connectivity index (χ2n) is 2.26. The highest BCUT2D eigenvalue weighted by atomic mass is 32.1. The summed E-state index contributed by atoms with van der Waals surface area (Å²) in [5.41, 5.74) is 0.196. The van der Waals surface area contributed by atoms with Gasteiger partial charge in [0, 0.05) is 5.38 Å². The van der Waals surface area contributed by atoms with Crippen LogP contribution in [0.1, 0.15) is 28.6 Å². The van der Waals surface area contributed by atoms with E-state index in [9.17, 15) is 13.6 Å². The number of hydrogen-bond donors (Lipinski definition) is 0. The second kappa shape index (κ2) is 4.32. The highest BCUT2D eigenvalue weighted by molar-refractivity contribution is 7.10. The molecule has 0 unspecified atom stereocenters. The molecule has 1 aromatic rings. The molecule has 1 rings (SSSR count). The number of rotatable bonds is 3. The maximum absolute atomic E-state index is 12.1. The maximum Gasteiger partial charge on any atom is 0.338 e.